The number of anilines is 1. The molecule has 9 heteroatoms. The molecule has 0 aliphatic rings. The number of aromatic nitrogens is 3. The number of rotatable bonds is 4. The van der Waals surface area contributed by atoms with Gasteiger partial charge in [-0.05, 0) is 54.6 Å². The van der Waals surface area contributed by atoms with Gasteiger partial charge in [0.05, 0.1) is 23.7 Å². The van der Waals surface area contributed by atoms with Crippen LogP contribution in [0.25, 0.3) is 16.7 Å². The van der Waals surface area contributed by atoms with Crippen molar-refractivity contribution < 1.29 is 13.9 Å². The third kappa shape index (κ3) is 3.68. The number of nitrogens with one attached hydrogen (secondary N) is 1. The molecule has 156 valence electrons. The van der Waals surface area contributed by atoms with Gasteiger partial charge in [0.15, 0.2) is 5.65 Å². The summed E-state index contributed by atoms with van der Waals surface area (Å²) >= 11 is 0. The summed E-state index contributed by atoms with van der Waals surface area (Å²) in [7, 11) is 2.87. The fourth-order valence-electron chi connectivity index (χ4n) is 3.13. The van der Waals surface area contributed by atoms with E-state index < -0.39 is 23.0 Å². The molecule has 0 aliphatic heterocycles. The van der Waals surface area contributed by atoms with Gasteiger partial charge in [-0.2, -0.15) is 0 Å². The maximum Gasteiger partial charge on any atom is 0.337 e. The molecule has 0 unspecified atom stereocenters. The largest absolute Gasteiger partial charge is 0.497 e. The van der Waals surface area contributed by atoms with E-state index in [4.69, 9.17) is 4.74 Å². The molecule has 0 saturated heterocycles. The normalized spacial score (nSPS) is 10.8. The summed E-state index contributed by atoms with van der Waals surface area (Å²) in [6.07, 6.45) is 1.28. The van der Waals surface area contributed by atoms with Crippen molar-refractivity contribution >= 4 is 22.6 Å². The van der Waals surface area contributed by atoms with E-state index in [0.29, 0.717) is 17.1 Å². The highest BCUT2D eigenvalue weighted by atomic mass is 19.1. The molecule has 8 nitrogen and oxygen atoms in total. The van der Waals surface area contributed by atoms with E-state index >= 15 is 0 Å². The average Bonchev–Trinajstić information content (AvgIpc) is 2.79. The number of methoxy groups -OCH3 is 1. The molecule has 0 spiro atoms. The highest BCUT2D eigenvalue weighted by molar-refractivity contribution is 6.05. The zero-order valence-corrected chi connectivity index (χ0v) is 16.6. The summed E-state index contributed by atoms with van der Waals surface area (Å²) in [5.74, 6) is -0.287. The number of halogens is 1. The van der Waals surface area contributed by atoms with Crippen molar-refractivity contribution in [3.63, 3.8) is 0 Å². The molecule has 4 rings (SSSR count). The van der Waals surface area contributed by atoms with E-state index in [-0.39, 0.29) is 16.6 Å². The summed E-state index contributed by atoms with van der Waals surface area (Å²) in [5, 5.41) is 2.80. The smallest absolute Gasteiger partial charge is 0.337 e. The quantitative estimate of drug-likeness (QED) is 0.547. The molecular weight excluding hydrogens is 403 g/mol. The van der Waals surface area contributed by atoms with E-state index in [2.05, 4.69) is 10.3 Å². The van der Waals surface area contributed by atoms with Crippen LogP contribution in [-0.2, 0) is 7.05 Å². The summed E-state index contributed by atoms with van der Waals surface area (Å²) in [5.41, 5.74) is -0.132. The van der Waals surface area contributed by atoms with Gasteiger partial charge in [0.2, 0.25) is 0 Å². The van der Waals surface area contributed by atoms with Gasteiger partial charge in [0.1, 0.15) is 11.6 Å². The van der Waals surface area contributed by atoms with Crippen LogP contribution in [0.15, 0.2) is 70.4 Å². The fourth-order valence-corrected chi connectivity index (χ4v) is 3.13. The van der Waals surface area contributed by atoms with E-state index in [1.54, 1.807) is 31.4 Å². The number of ether oxygens (including phenoxy) is 1. The monoisotopic (exact) mass is 420 g/mol. The van der Waals surface area contributed by atoms with Crippen LogP contribution in [-0.4, -0.2) is 27.1 Å². The highest BCUT2D eigenvalue weighted by Crippen LogP contribution is 2.17. The molecule has 0 fully saturated rings. The van der Waals surface area contributed by atoms with Crippen LogP contribution in [0.1, 0.15) is 10.4 Å². The van der Waals surface area contributed by atoms with Crippen molar-refractivity contribution in [2.45, 2.75) is 0 Å². The molecule has 1 amide bonds. The Labute approximate surface area is 175 Å². The minimum atomic E-state index is -0.632. The Morgan fingerprint density at radius 1 is 1.06 bits per heavy atom. The Bertz CT molecular complexity index is 1410. The zero-order chi connectivity index (χ0) is 22.1. The third-order valence-corrected chi connectivity index (χ3v) is 4.79. The van der Waals surface area contributed by atoms with E-state index in [1.165, 1.54) is 48.1 Å². The number of benzene rings is 2. The van der Waals surface area contributed by atoms with Gasteiger partial charge in [-0.25, -0.2) is 18.7 Å². The van der Waals surface area contributed by atoms with Crippen LogP contribution in [0.4, 0.5) is 10.1 Å². The second-order valence-electron chi connectivity index (χ2n) is 6.74. The molecule has 1 N–H and O–H groups in total. The minimum Gasteiger partial charge on any atom is -0.497 e. The molecule has 0 radical (unpaired) electrons. The molecule has 2 aromatic heterocycles. The van der Waals surface area contributed by atoms with Gasteiger partial charge in [0.25, 0.3) is 11.5 Å². The maximum absolute atomic E-state index is 13.3. The standard InChI is InChI=1S/C22H17FN4O4/c1-26-21(29)18-11-13(20(28)25-15-5-9-17(31-2)10-6-15)12-24-19(18)27(22(26)30)16-7-3-14(23)4-8-16/h3-12H,1-2H3,(H,25,28). The van der Waals surface area contributed by atoms with E-state index in [1.807, 2.05) is 0 Å². The zero-order valence-electron chi connectivity index (χ0n) is 16.6. The number of carbonyl (C=O) groups excluding carboxylic acids is 1. The van der Waals surface area contributed by atoms with Gasteiger partial charge >= 0.3 is 5.69 Å². The Morgan fingerprint density at radius 3 is 2.39 bits per heavy atom. The van der Waals surface area contributed by atoms with Crippen molar-refractivity contribution in [2.24, 2.45) is 7.05 Å². The molecular formula is C22H17FN4O4. The van der Waals surface area contributed by atoms with Gasteiger partial charge in [0, 0.05) is 18.9 Å². The summed E-state index contributed by atoms with van der Waals surface area (Å²) in [6.45, 7) is 0. The molecule has 31 heavy (non-hydrogen) atoms. The molecule has 2 aromatic carbocycles. The first-order valence-corrected chi connectivity index (χ1v) is 9.22. The molecule has 2 heterocycles. The van der Waals surface area contributed by atoms with Gasteiger partial charge in [-0.1, -0.05) is 0 Å². The van der Waals surface area contributed by atoms with Crippen LogP contribution >= 0.6 is 0 Å². The van der Waals surface area contributed by atoms with Crippen LogP contribution in [0, 0.1) is 5.82 Å². The number of hydrogen-bond acceptors (Lipinski definition) is 5. The first kappa shape index (κ1) is 20.0. The third-order valence-electron chi connectivity index (χ3n) is 4.79. The second kappa shape index (κ2) is 7.86. The van der Waals surface area contributed by atoms with Crippen LogP contribution in [0.2, 0.25) is 0 Å². The van der Waals surface area contributed by atoms with E-state index in [9.17, 15) is 18.8 Å². The van der Waals surface area contributed by atoms with Crippen molar-refractivity contribution in [3.05, 3.63) is 93.0 Å². The number of fused-ring (bicyclic) bond motifs is 1. The lowest BCUT2D eigenvalue weighted by molar-refractivity contribution is 0.102. The number of nitrogens with zero attached hydrogens (tertiary/aromatic N) is 3. The number of hydrogen-bond donors (Lipinski definition) is 1. The molecule has 0 bridgehead atoms. The molecule has 0 aliphatic carbocycles. The first-order chi connectivity index (χ1) is 14.9. The van der Waals surface area contributed by atoms with Crippen LogP contribution in [0.3, 0.4) is 0 Å². The highest BCUT2D eigenvalue weighted by Gasteiger charge is 2.16. The summed E-state index contributed by atoms with van der Waals surface area (Å²) in [4.78, 5) is 42.3. The lowest BCUT2D eigenvalue weighted by Gasteiger charge is -2.12. The van der Waals surface area contributed by atoms with Crippen molar-refractivity contribution in [1.82, 2.24) is 14.1 Å². The van der Waals surface area contributed by atoms with Crippen molar-refractivity contribution in [1.29, 1.82) is 0 Å². The molecule has 0 atom stereocenters. The van der Waals surface area contributed by atoms with Crippen LogP contribution < -0.4 is 21.3 Å². The van der Waals surface area contributed by atoms with Gasteiger partial charge in [-0.3, -0.25) is 14.2 Å². The number of amides is 1. The minimum absolute atomic E-state index is 0.0701. The predicted molar refractivity (Wildman–Crippen MR) is 113 cm³/mol. The van der Waals surface area contributed by atoms with Crippen LogP contribution in [0.5, 0.6) is 5.75 Å². The Hall–Kier alpha value is -4.27. The summed E-state index contributed by atoms with van der Waals surface area (Å²) < 4.78 is 20.5. The first-order valence-electron chi connectivity index (χ1n) is 9.22. The summed E-state index contributed by atoms with van der Waals surface area (Å²) in [6, 6.07) is 13.4. The average molecular weight is 420 g/mol. The van der Waals surface area contributed by atoms with Gasteiger partial charge in [-0.15, -0.1) is 0 Å². The maximum atomic E-state index is 13.3. The molecule has 0 saturated carbocycles. The predicted octanol–water partition coefficient (Wildman–Crippen LogP) is 2.48. The topological polar surface area (TPSA) is 95.2 Å². The lowest BCUT2D eigenvalue weighted by Crippen LogP contribution is -2.38. The Balaban J connectivity index is 1.80. The number of carbonyl (C=O) groups is 1. The SMILES string of the molecule is COc1ccc(NC(=O)c2cnc3c(c2)c(=O)n(C)c(=O)n3-c2ccc(F)cc2)cc1. The van der Waals surface area contributed by atoms with Crippen molar-refractivity contribution in [3.8, 4) is 11.4 Å². The van der Waals surface area contributed by atoms with E-state index in [0.717, 1.165) is 4.57 Å². The lowest BCUT2D eigenvalue weighted by atomic mass is 10.2. The Kier molecular flexibility index (Phi) is 5.08. The second-order valence-corrected chi connectivity index (χ2v) is 6.74. The van der Waals surface area contributed by atoms with Crippen molar-refractivity contribution in [2.75, 3.05) is 12.4 Å². The number of pyridine rings is 1. The van der Waals surface area contributed by atoms with Gasteiger partial charge < -0.3 is 10.1 Å². The molecule has 4 aromatic rings. The Morgan fingerprint density at radius 2 is 1.74 bits per heavy atom. The fraction of sp³-hybridized carbons (Fsp3) is 0.0909.